The van der Waals surface area contributed by atoms with Crippen LogP contribution in [0.4, 0.5) is 0 Å². The minimum absolute atomic E-state index is 0.0942. The van der Waals surface area contributed by atoms with Crippen molar-refractivity contribution in [1.29, 1.82) is 0 Å². The third-order valence-corrected chi connectivity index (χ3v) is 2.76. The van der Waals surface area contributed by atoms with E-state index in [0.717, 1.165) is 18.6 Å². The SMILES string of the molecule is C=C.C=CC(=O)O/C=C\OOCCOC(=O)C(=O)c1ccc(OC)c(OC)c1. The van der Waals surface area contributed by atoms with Gasteiger partial charge in [0, 0.05) is 11.6 Å². The number of Topliss-reactive ketones (excluding diaryl/α,β-unsaturated/α-hetero) is 1. The van der Waals surface area contributed by atoms with Gasteiger partial charge in [-0.2, -0.15) is 4.89 Å². The maximum atomic E-state index is 12.0. The van der Waals surface area contributed by atoms with Crippen LogP contribution in [0, 0.1) is 0 Å². The molecule has 0 heterocycles. The van der Waals surface area contributed by atoms with Crippen molar-refractivity contribution >= 4 is 17.7 Å². The summed E-state index contributed by atoms with van der Waals surface area (Å²) in [6.07, 6.45) is 2.87. The minimum Gasteiger partial charge on any atom is -0.493 e. The summed E-state index contributed by atoms with van der Waals surface area (Å²) < 4.78 is 19.3. The highest BCUT2D eigenvalue weighted by molar-refractivity contribution is 6.40. The molecule has 0 spiro atoms. The number of rotatable bonds is 11. The smallest absolute Gasteiger partial charge is 0.379 e. The van der Waals surface area contributed by atoms with Crippen molar-refractivity contribution in [3.8, 4) is 11.5 Å². The molecule has 0 aliphatic carbocycles. The van der Waals surface area contributed by atoms with E-state index in [9.17, 15) is 14.4 Å². The van der Waals surface area contributed by atoms with Crippen LogP contribution >= 0.6 is 0 Å². The molecule has 0 aromatic heterocycles. The summed E-state index contributed by atoms with van der Waals surface area (Å²) in [5, 5.41) is 0. The van der Waals surface area contributed by atoms with Crippen molar-refractivity contribution in [3.63, 3.8) is 0 Å². The van der Waals surface area contributed by atoms with E-state index in [0.29, 0.717) is 11.5 Å². The maximum absolute atomic E-state index is 12.0. The molecule has 0 aliphatic rings. The average Bonchev–Trinajstić information content (AvgIpc) is 2.75. The summed E-state index contributed by atoms with van der Waals surface area (Å²) in [6.45, 7) is 8.83. The molecule has 0 N–H and O–H groups in total. The van der Waals surface area contributed by atoms with Gasteiger partial charge in [0.1, 0.15) is 19.5 Å². The first-order valence-electron chi connectivity index (χ1n) is 7.73. The van der Waals surface area contributed by atoms with E-state index in [1.54, 1.807) is 0 Å². The van der Waals surface area contributed by atoms with Crippen LogP contribution < -0.4 is 9.47 Å². The highest BCUT2D eigenvalue weighted by Gasteiger charge is 2.19. The van der Waals surface area contributed by atoms with E-state index in [2.05, 4.69) is 34.2 Å². The van der Waals surface area contributed by atoms with Gasteiger partial charge >= 0.3 is 11.9 Å². The number of ketones is 1. The van der Waals surface area contributed by atoms with Crippen LogP contribution in [0.25, 0.3) is 0 Å². The molecule has 0 unspecified atom stereocenters. The monoisotopic (exact) mass is 394 g/mol. The standard InChI is InChI=1S/C17H18O9.C2H4/c1-4-15(18)23-7-9-25-26-10-8-24-17(20)16(19)12-5-6-13(21-2)14(11-12)22-3;1-2/h4-7,9,11H,1,8,10H2,2-3H3;1-2H2/b9-7-;. The van der Waals surface area contributed by atoms with Crippen LogP contribution in [0.3, 0.4) is 0 Å². The lowest BCUT2D eigenvalue weighted by Crippen LogP contribution is -2.20. The number of benzene rings is 1. The van der Waals surface area contributed by atoms with E-state index >= 15 is 0 Å². The van der Waals surface area contributed by atoms with E-state index < -0.39 is 17.7 Å². The Labute approximate surface area is 162 Å². The Hall–Kier alpha value is -3.59. The molecule has 0 radical (unpaired) electrons. The van der Waals surface area contributed by atoms with Gasteiger partial charge in [-0.05, 0) is 18.2 Å². The number of carbonyl (C=O) groups excluding carboxylic acids is 3. The number of methoxy groups -OCH3 is 2. The topological polar surface area (TPSA) is 107 Å². The molecule has 1 aromatic rings. The predicted molar refractivity (Wildman–Crippen MR) is 98.6 cm³/mol. The fourth-order valence-electron chi connectivity index (χ4n) is 1.58. The summed E-state index contributed by atoms with van der Waals surface area (Å²) >= 11 is 0. The Morgan fingerprint density at radius 3 is 2.29 bits per heavy atom. The van der Waals surface area contributed by atoms with Gasteiger partial charge in [0.2, 0.25) is 0 Å². The number of carbonyl (C=O) groups is 3. The van der Waals surface area contributed by atoms with Gasteiger partial charge in [0.25, 0.3) is 5.78 Å². The summed E-state index contributed by atoms with van der Waals surface area (Å²) in [5.74, 6) is -1.83. The second-order valence-electron chi connectivity index (χ2n) is 4.37. The third kappa shape index (κ3) is 8.68. The second kappa shape index (κ2) is 14.6. The Bertz CT molecular complexity index is 695. The zero-order valence-corrected chi connectivity index (χ0v) is 15.7. The van der Waals surface area contributed by atoms with Gasteiger partial charge in [-0.1, -0.05) is 6.58 Å². The highest BCUT2D eigenvalue weighted by Crippen LogP contribution is 2.27. The molecule has 9 nitrogen and oxygen atoms in total. The third-order valence-electron chi connectivity index (χ3n) is 2.76. The Morgan fingerprint density at radius 2 is 1.68 bits per heavy atom. The fraction of sp³-hybridized carbons (Fsp3) is 0.211. The van der Waals surface area contributed by atoms with Crippen LogP contribution in [0.1, 0.15) is 10.4 Å². The van der Waals surface area contributed by atoms with Crippen LogP contribution in [0.15, 0.2) is 56.5 Å². The highest BCUT2D eigenvalue weighted by atomic mass is 17.2. The molecule has 0 bridgehead atoms. The quantitative estimate of drug-likeness (QED) is 0.0643. The van der Waals surface area contributed by atoms with E-state index in [-0.39, 0.29) is 18.8 Å². The summed E-state index contributed by atoms with van der Waals surface area (Å²) in [7, 11) is 2.86. The molecular formula is C19H22O9. The summed E-state index contributed by atoms with van der Waals surface area (Å²) in [6, 6.07) is 4.29. The molecule has 152 valence electrons. The number of hydrogen-bond acceptors (Lipinski definition) is 9. The molecular weight excluding hydrogens is 372 g/mol. The van der Waals surface area contributed by atoms with Gasteiger partial charge in [-0.15, -0.1) is 13.2 Å². The molecule has 0 saturated heterocycles. The van der Waals surface area contributed by atoms with Crippen LogP contribution in [0.5, 0.6) is 11.5 Å². The summed E-state index contributed by atoms with van der Waals surface area (Å²) in [4.78, 5) is 43.5. The first kappa shape index (κ1) is 24.4. The Balaban J connectivity index is 0.00000352. The molecule has 1 rings (SSSR count). The fourth-order valence-corrected chi connectivity index (χ4v) is 1.58. The first-order valence-corrected chi connectivity index (χ1v) is 7.73. The molecule has 1 aromatic carbocycles. The minimum atomic E-state index is -1.06. The summed E-state index contributed by atoms with van der Waals surface area (Å²) in [5.41, 5.74) is 0.0942. The van der Waals surface area contributed by atoms with Gasteiger partial charge in [0.05, 0.1) is 14.2 Å². The van der Waals surface area contributed by atoms with Crippen molar-refractivity contribution in [1.82, 2.24) is 0 Å². The molecule has 0 fully saturated rings. The number of ether oxygens (including phenoxy) is 4. The molecule has 0 amide bonds. The van der Waals surface area contributed by atoms with Crippen LogP contribution in [0.2, 0.25) is 0 Å². The normalized spacial score (nSPS) is 9.50. The second-order valence-corrected chi connectivity index (χ2v) is 4.37. The lowest BCUT2D eigenvalue weighted by molar-refractivity contribution is -0.255. The zero-order chi connectivity index (χ0) is 21.4. The van der Waals surface area contributed by atoms with Crippen LogP contribution in [-0.4, -0.2) is 45.2 Å². The first-order chi connectivity index (χ1) is 13.5. The molecule has 0 saturated carbocycles. The van der Waals surface area contributed by atoms with E-state index in [1.807, 2.05) is 0 Å². The number of esters is 2. The lowest BCUT2D eigenvalue weighted by atomic mass is 10.1. The Kier molecular flexibility index (Phi) is 12.7. The average molecular weight is 394 g/mol. The Morgan fingerprint density at radius 1 is 1.00 bits per heavy atom. The van der Waals surface area contributed by atoms with Crippen LogP contribution in [-0.2, 0) is 28.8 Å². The molecule has 9 heteroatoms. The van der Waals surface area contributed by atoms with Crippen molar-refractivity contribution in [3.05, 3.63) is 62.1 Å². The van der Waals surface area contributed by atoms with Gasteiger partial charge in [0.15, 0.2) is 17.8 Å². The van der Waals surface area contributed by atoms with E-state index in [4.69, 9.17) is 14.2 Å². The van der Waals surface area contributed by atoms with Crippen molar-refractivity contribution in [2.24, 2.45) is 0 Å². The van der Waals surface area contributed by atoms with Gasteiger partial charge in [-0.3, -0.25) is 4.79 Å². The zero-order valence-electron chi connectivity index (χ0n) is 15.7. The predicted octanol–water partition coefficient (Wildman–Crippen LogP) is 2.38. The van der Waals surface area contributed by atoms with Crippen molar-refractivity contribution in [2.75, 3.05) is 27.4 Å². The number of hydrogen-bond donors (Lipinski definition) is 0. The van der Waals surface area contributed by atoms with Crippen molar-refractivity contribution in [2.45, 2.75) is 0 Å². The van der Waals surface area contributed by atoms with Gasteiger partial charge in [-0.25, -0.2) is 9.59 Å². The van der Waals surface area contributed by atoms with E-state index in [1.165, 1.54) is 32.4 Å². The lowest BCUT2D eigenvalue weighted by Gasteiger charge is -2.09. The molecule has 28 heavy (non-hydrogen) atoms. The van der Waals surface area contributed by atoms with Gasteiger partial charge < -0.3 is 23.8 Å². The van der Waals surface area contributed by atoms with Crippen molar-refractivity contribution < 1.29 is 43.1 Å². The maximum Gasteiger partial charge on any atom is 0.379 e. The molecule has 0 atom stereocenters. The molecule has 0 aliphatic heterocycles. The largest absolute Gasteiger partial charge is 0.493 e.